The SMILES string of the molecule is CCN(CC)C(=S)SCC(=O)c1ccc(OC)cc1. The van der Waals surface area contributed by atoms with E-state index < -0.39 is 0 Å². The Morgan fingerprint density at radius 3 is 2.32 bits per heavy atom. The van der Waals surface area contributed by atoms with Crippen molar-refractivity contribution in [3.05, 3.63) is 29.8 Å². The zero-order valence-corrected chi connectivity index (χ0v) is 13.1. The molecule has 0 aliphatic heterocycles. The zero-order chi connectivity index (χ0) is 14.3. The van der Waals surface area contributed by atoms with Crippen LogP contribution in [-0.4, -0.2) is 41.0 Å². The highest BCUT2D eigenvalue weighted by atomic mass is 32.2. The Balaban J connectivity index is 2.52. The van der Waals surface area contributed by atoms with Gasteiger partial charge in [-0.1, -0.05) is 24.0 Å². The largest absolute Gasteiger partial charge is 0.497 e. The standard InChI is InChI=1S/C14H19NO2S2/c1-4-15(5-2)14(18)19-10-13(16)11-6-8-12(17-3)9-7-11/h6-9H,4-5,10H2,1-3H3. The Morgan fingerprint density at radius 1 is 1.26 bits per heavy atom. The predicted octanol–water partition coefficient (Wildman–Crippen LogP) is 3.24. The number of ketones is 1. The molecule has 1 rings (SSSR count). The number of hydrogen-bond donors (Lipinski definition) is 0. The molecule has 0 heterocycles. The summed E-state index contributed by atoms with van der Waals surface area (Å²) in [6.07, 6.45) is 0. The Morgan fingerprint density at radius 2 is 1.84 bits per heavy atom. The lowest BCUT2D eigenvalue weighted by Gasteiger charge is -2.20. The van der Waals surface area contributed by atoms with Crippen LogP contribution in [0.1, 0.15) is 24.2 Å². The number of nitrogens with zero attached hydrogens (tertiary/aromatic N) is 1. The van der Waals surface area contributed by atoms with E-state index in [1.165, 1.54) is 11.8 Å². The molecule has 0 aliphatic carbocycles. The minimum Gasteiger partial charge on any atom is -0.497 e. The van der Waals surface area contributed by atoms with Gasteiger partial charge in [0.2, 0.25) is 0 Å². The second-order valence-corrected chi connectivity index (χ2v) is 5.49. The third kappa shape index (κ3) is 4.84. The number of thioether (sulfide) groups is 1. The van der Waals surface area contributed by atoms with Gasteiger partial charge in [-0.3, -0.25) is 4.79 Å². The molecule has 0 saturated heterocycles. The number of ether oxygens (including phenoxy) is 1. The number of benzene rings is 1. The van der Waals surface area contributed by atoms with E-state index in [0.717, 1.165) is 23.2 Å². The Kier molecular flexibility index (Phi) is 6.87. The summed E-state index contributed by atoms with van der Waals surface area (Å²) in [5, 5.41) is 0. The van der Waals surface area contributed by atoms with Crippen LogP contribution in [0.2, 0.25) is 0 Å². The first-order valence-corrected chi connectivity index (χ1v) is 7.60. The summed E-state index contributed by atoms with van der Waals surface area (Å²) in [5.74, 6) is 1.21. The van der Waals surface area contributed by atoms with Gasteiger partial charge in [0.15, 0.2) is 5.78 Å². The highest BCUT2D eigenvalue weighted by Crippen LogP contribution is 2.15. The molecule has 3 nitrogen and oxygen atoms in total. The van der Waals surface area contributed by atoms with E-state index in [4.69, 9.17) is 17.0 Å². The monoisotopic (exact) mass is 297 g/mol. The minimum atomic E-state index is 0.0853. The maximum Gasteiger partial charge on any atom is 0.173 e. The summed E-state index contributed by atoms with van der Waals surface area (Å²) in [7, 11) is 1.61. The van der Waals surface area contributed by atoms with Crippen LogP contribution in [0.5, 0.6) is 5.75 Å². The number of rotatable bonds is 6. The minimum absolute atomic E-state index is 0.0853. The van der Waals surface area contributed by atoms with Crippen LogP contribution in [0.3, 0.4) is 0 Å². The van der Waals surface area contributed by atoms with Crippen LogP contribution >= 0.6 is 24.0 Å². The van der Waals surface area contributed by atoms with Crippen LogP contribution < -0.4 is 4.74 Å². The molecule has 0 fully saturated rings. The summed E-state index contributed by atoms with van der Waals surface area (Å²) in [6, 6.07) is 7.14. The molecule has 0 amide bonds. The molecule has 0 spiro atoms. The summed E-state index contributed by atoms with van der Waals surface area (Å²) >= 11 is 6.72. The molecule has 1 aromatic rings. The van der Waals surface area contributed by atoms with E-state index in [2.05, 4.69) is 18.7 Å². The van der Waals surface area contributed by atoms with Crippen molar-refractivity contribution in [2.45, 2.75) is 13.8 Å². The van der Waals surface area contributed by atoms with Crippen LogP contribution in [-0.2, 0) is 0 Å². The Hall–Kier alpha value is -1.07. The second kappa shape index (κ2) is 8.17. The van der Waals surface area contributed by atoms with Gasteiger partial charge in [0.1, 0.15) is 10.1 Å². The van der Waals surface area contributed by atoms with Gasteiger partial charge >= 0.3 is 0 Å². The first-order valence-electron chi connectivity index (χ1n) is 6.21. The predicted molar refractivity (Wildman–Crippen MR) is 85.3 cm³/mol. The van der Waals surface area contributed by atoms with Crippen molar-refractivity contribution in [1.82, 2.24) is 4.90 Å². The summed E-state index contributed by atoms with van der Waals surface area (Å²) in [5.41, 5.74) is 0.690. The normalized spacial score (nSPS) is 10.1. The molecular weight excluding hydrogens is 278 g/mol. The molecule has 1 aromatic carbocycles. The van der Waals surface area contributed by atoms with Gasteiger partial charge in [0.05, 0.1) is 12.9 Å². The number of carbonyl (C=O) groups excluding carboxylic acids is 1. The fraction of sp³-hybridized carbons (Fsp3) is 0.429. The van der Waals surface area contributed by atoms with E-state index in [0.29, 0.717) is 11.3 Å². The summed E-state index contributed by atoms with van der Waals surface area (Å²) in [6.45, 7) is 5.86. The molecule has 104 valence electrons. The second-order valence-electron chi connectivity index (χ2n) is 3.88. The van der Waals surface area contributed by atoms with Crippen LogP contribution in [0.25, 0.3) is 0 Å². The van der Waals surface area contributed by atoms with Gasteiger partial charge < -0.3 is 9.64 Å². The topological polar surface area (TPSA) is 29.5 Å². The van der Waals surface area contributed by atoms with Crippen LogP contribution in [0, 0.1) is 0 Å². The zero-order valence-electron chi connectivity index (χ0n) is 11.5. The van der Waals surface area contributed by atoms with Gasteiger partial charge in [0.25, 0.3) is 0 Å². The van der Waals surface area contributed by atoms with Crippen molar-refractivity contribution < 1.29 is 9.53 Å². The molecule has 0 unspecified atom stereocenters. The number of hydrogen-bond acceptors (Lipinski definition) is 4. The van der Waals surface area contributed by atoms with Crippen molar-refractivity contribution in [1.29, 1.82) is 0 Å². The van der Waals surface area contributed by atoms with Crippen LogP contribution in [0.4, 0.5) is 0 Å². The van der Waals surface area contributed by atoms with Gasteiger partial charge in [-0.15, -0.1) is 0 Å². The fourth-order valence-electron chi connectivity index (χ4n) is 1.56. The van der Waals surface area contributed by atoms with E-state index >= 15 is 0 Å². The molecule has 0 radical (unpaired) electrons. The van der Waals surface area contributed by atoms with Crippen molar-refractivity contribution in [3.8, 4) is 5.75 Å². The number of methoxy groups -OCH3 is 1. The third-order valence-electron chi connectivity index (χ3n) is 2.76. The molecule has 0 bridgehead atoms. The molecule has 5 heteroatoms. The first kappa shape index (κ1) is 16.0. The number of Topliss-reactive ketones (excluding diaryl/α,β-unsaturated/α-hetero) is 1. The van der Waals surface area contributed by atoms with E-state index in [1.54, 1.807) is 31.4 Å². The average molecular weight is 297 g/mol. The van der Waals surface area contributed by atoms with Crippen molar-refractivity contribution in [2.24, 2.45) is 0 Å². The Bertz CT molecular complexity index is 428. The lowest BCUT2D eigenvalue weighted by atomic mass is 10.1. The first-order chi connectivity index (χ1) is 9.12. The molecule has 0 aromatic heterocycles. The van der Waals surface area contributed by atoms with Gasteiger partial charge in [-0.05, 0) is 38.1 Å². The van der Waals surface area contributed by atoms with Crippen LogP contribution in [0.15, 0.2) is 24.3 Å². The lowest BCUT2D eigenvalue weighted by molar-refractivity contribution is 0.102. The highest BCUT2D eigenvalue weighted by Gasteiger charge is 2.11. The van der Waals surface area contributed by atoms with Crippen molar-refractivity contribution in [2.75, 3.05) is 26.0 Å². The molecule has 0 atom stereocenters. The smallest absolute Gasteiger partial charge is 0.173 e. The molecule has 0 saturated carbocycles. The highest BCUT2D eigenvalue weighted by molar-refractivity contribution is 8.23. The third-order valence-corrected chi connectivity index (χ3v) is 4.28. The lowest BCUT2D eigenvalue weighted by Crippen LogP contribution is -2.27. The molecule has 0 aliphatic rings. The quantitative estimate of drug-likeness (QED) is 0.594. The molecule has 0 N–H and O–H groups in total. The van der Waals surface area contributed by atoms with Gasteiger partial charge in [-0.2, -0.15) is 0 Å². The number of thiocarbonyl (C=S) groups is 1. The van der Waals surface area contributed by atoms with E-state index in [-0.39, 0.29) is 5.78 Å². The summed E-state index contributed by atoms with van der Waals surface area (Å²) < 4.78 is 5.85. The van der Waals surface area contributed by atoms with Gasteiger partial charge in [0, 0.05) is 18.7 Å². The number of carbonyl (C=O) groups is 1. The molecular formula is C14H19NO2S2. The van der Waals surface area contributed by atoms with Crippen molar-refractivity contribution in [3.63, 3.8) is 0 Å². The molecule has 19 heavy (non-hydrogen) atoms. The van der Waals surface area contributed by atoms with Crippen molar-refractivity contribution >= 4 is 34.1 Å². The Labute approximate surface area is 124 Å². The van der Waals surface area contributed by atoms with Gasteiger partial charge in [-0.25, -0.2) is 0 Å². The van der Waals surface area contributed by atoms with E-state index in [1.807, 2.05) is 0 Å². The average Bonchev–Trinajstić information content (AvgIpc) is 2.46. The maximum atomic E-state index is 12.0. The van der Waals surface area contributed by atoms with E-state index in [9.17, 15) is 4.79 Å². The summed E-state index contributed by atoms with van der Waals surface area (Å²) in [4.78, 5) is 14.1. The maximum absolute atomic E-state index is 12.0. The fourth-order valence-corrected chi connectivity index (χ4v) is 2.86.